The number of aromatic nitrogens is 8. The van der Waals surface area contributed by atoms with Crippen molar-refractivity contribution in [3.05, 3.63) is 40.9 Å². The Labute approximate surface area is 460 Å². The first kappa shape index (κ1) is 60.3. The average Bonchev–Trinajstić information content (AvgIpc) is 3.57. The summed E-state index contributed by atoms with van der Waals surface area (Å²) in [6.07, 6.45) is -0.745. The molecule has 4 aromatic rings. The van der Waals surface area contributed by atoms with Crippen molar-refractivity contribution in [1.29, 1.82) is 0 Å². The number of nitrogen functional groups attached to an aromatic ring is 1. The van der Waals surface area contributed by atoms with Gasteiger partial charge in [0, 0.05) is 101 Å². The van der Waals surface area contributed by atoms with E-state index < -0.39 is 31.2 Å². The minimum absolute atomic E-state index is 0.0133. The molecule has 0 saturated carbocycles. The molecule has 5 saturated heterocycles. The lowest BCUT2D eigenvalue weighted by Gasteiger charge is -2.37. The Balaban J connectivity index is 0.000000173. The molecule has 5 fully saturated rings. The number of anilines is 5. The van der Waals surface area contributed by atoms with Crippen LogP contribution in [0, 0.1) is 0 Å². The van der Waals surface area contributed by atoms with Gasteiger partial charge in [-0.25, -0.2) is 32.5 Å². The van der Waals surface area contributed by atoms with E-state index in [4.69, 9.17) is 50.6 Å². The Hall–Kier alpha value is -5.38. The van der Waals surface area contributed by atoms with Gasteiger partial charge in [-0.3, -0.25) is 0 Å². The van der Waals surface area contributed by atoms with Crippen molar-refractivity contribution in [3.63, 3.8) is 0 Å². The number of morpholine rings is 4. The molecule has 9 rings (SSSR count). The van der Waals surface area contributed by atoms with Crippen molar-refractivity contribution in [3.8, 4) is 11.4 Å². The lowest BCUT2D eigenvalue weighted by atomic mass is 9.77. The second kappa shape index (κ2) is 25.4. The third-order valence-corrected chi connectivity index (χ3v) is 13.7. The molecule has 8 atom stereocenters. The first-order chi connectivity index (χ1) is 36.6. The van der Waals surface area contributed by atoms with Gasteiger partial charge in [0.1, 0.15) is 5.82 Å². The molecule has 0 bridgehead atoms. The zero-order valence-corrected chi connectivity index (χ0v) is 47.8. The van der Waals surface area contributed by atoms with Crippen LogP contribution in [0.2, 0.25) is 5.28 Å². The van der Waals surface area contributed by atoms with Gasteiger partial charge in [0.15, 0.2) is 11.6 Å². The van der Waals surface area contributed by atoms with E-state index in [-0.39, 0.29) is 93.7 Å². The van der Waals surface area contributed by atoms with E-state index in [9.17, 15) is 17.6 Å². The van der Waals surface area contributed by atoms with E-state index in [1.807, 2.05) is 65.2 Å². The van der Waals surface area contributed by atoms with Gasteiger partial charge in [-0.15, -0.1) is 0 Å². The summed E-state index contributed by atoms with van der Waals surface area (Å²) in [6.45, 7) is 29.0. The van der Waals surface area contributed by atoms with E-state index in [2.05, 4.69) is 77.4 Å². The Morgan fingerprint density at radius 2 is 0.962 bits per heavy atom. The second-order valence-corrected chi connectivity index (χ2v) is 22.2. The average molecular weight is 1120 g/mol. The number of nitrogens with zero attached hydrogens (tertiary/aromatic N) is 14. The molecule has 78 heavy (non-hydrogen) atoms. The summed E-state index contributed by atoms with van der Waals surface area (Å²) in [7, 11) is 2.70. The lowest BCUT2D eigenvalue weighted by molar-refractivity contribution is -0.00669. The molecule has 0 aliphatic carbocycles. The number of aliphatic imine (C=N–C) groups is 1. The number of ether oxygens (including phenoxy) is 4. The molecule has 0 spiro atoms. The minimum Gasteiger partial charge on any atom is -0.399 e. The van der Waals surface area contributed by atoms with Crippen molar-refractivity contribution >= 4 is 65.9 Å². The number of halogens is 5. The van der Waals surface area contributed by atoms with Crippen LogP contribution in [0.3, 0.4) is 0 Å². The highest BCUT2D eigenvalue weighted by molar-refractivity contribution is 6.62. The van der Waals surface area contributed by atoms with Gasteiger partial charge < -0.3 is 58.5 Å². The molecule has 4 aromatic heterocycles. The van der Waals surface area contributed by atoms with Gasteiger partial charge in [-0.2, -0.15) is 29.9 Å². The summed E-state index contributed by atoms with van der Waals surface area (Å²) in [5.74, 6) is 2.47. The van der Waals surface area contributed by atoms with Gasteiger partial charge in [-0.05, 0) is 107 Å². The van der Waals surface area contributed by atoms with E-state index in [1.165, 1.54) is 30.9 Å². The standard InChI is InChI=1S/C21H29F2N7O2.C15H22BF2N3O2.C15H24ClN5O2/c1-11-7-29(8-12(2)31-11)20-26-19(16-6-25-17(24)5-15(16)18(22)23)27-21(28-20)30-9-13(3)32-14(4)10-30;1-14(2)15(3,4)23-16(22-14)11-8-19-12(20-9-21(5)6)7-10(11)13(17)18;1-9-5-20(6-10(2)22-9)14-17-13(16)18-15(19-14)21-7-11(3)23-12(4)8-21/h5-6,11-14,18H,7-10H2,1-4H3,(H2,24,25);7-9,13H,1-6H3;9-12H,5-8H2,1-4H3/t11-,12+,13-,14+;;9-,10+,11-,12+. The molecular weight excluding hydrogens is 1040 g/mol. The summed E-state index contributed by atoms with van der Waals surface area (Å²) in [5, 5.41) is 0.226. The molecule has 0 radical (unpaired) electrons. The number of hydrogen-bond donors (Lipinski definition) is 1. The zero-order chi connectivity index (χ0) is 57.0. The van der Waals surface area contributed by atoms with E-state index in [0.717, 1.165) is 26.2 Å². The van der Waals surface area contributed by atoms with E-state index in [1.54, 1.807) is 19.0 Å². The van der Waals surface area contributed by atoms with Crippen molar-refractivity contribution in [2.75, 3.05) is 91.8 Å². The van der Waals surface area contributed by atoms with Crippen LogP contribution in [0.15, 0.2) is 29.5 Å². The highest BCUT2D eigenvalue weighted by Crippen LogP contribution is 2.38. The number of alkyl halides is 4. The molecule has 5 aliphatic heterocycles. The Morgan fingerprint density at radius 1 is 0.590 bits per heavy atom. The van der Waals surface area contributed by atoms with Crippen LogP contribution >= 0.6 is 11.6 Å². The van der Waals surface area contributed by atoms with Crippen LogP contribution in [-0.2, 0) is 28.3 Å². The maximum Gasteiger partial charge on any atom is 0.496 e. The van der Waals surface area contributed by atoms with Crippen LogP contribution in [-0.4, -0.2) is 185 Å². The van der Waals surface area contributed by atoms with Crippen molar-refractivity contribution < 1.29 is 45.8 Å². The SMILES string of the molecule is CN(C)C=Nc1cc(C(F)F)c(B2OC(C)(C)C(C)(C)O2)cn1.C[C@@H]1CN(c2nc(-c3cnc(N)cc3C(F)F)nc(N3C[C@@H](C)O[C@@H](C)C3)n2)C[C@H](C)O1.C[C@@H]1CN(c2nc(Cl)nc(N3C[C@@H](C)O[C@@H](C)C3)n2)C[C@H](C)O1. The molecule has 27 heteroatoms. The topological polar surface area (TPSA) is 213 Å². The largest absolute Gasteiger partial charge is 0.496 e. The molecule has 428 valence electrons. The summed E-state index contributed by atoms with van der Waals surface area (Å²) < 4.78 is 89.4. The molecule has 0 aromatic carbocycles. The van der Waals surface area contributed by atoms with Crippen molar-refractivity contribution in [2.24, 2.45) is 4.99 Å². The molecule has 9 heterocycles. The van der Waals surface area contributed by atoms with Crippen LogP contribution in [0.1, 0.15) is 107 Å². The van der Waals surface area contributed by atoms with Crippen molar-refractivity contribution in [1.82, 2.24) is 44.8 Å². The van der Waals surface area contributed by atoms with Gasteiger partial charge in [0.05, 0.1) is 66.4 Å². The summed E-state index contributed by atoms with van der Waals surface area (Å²) >= 11 is 6.16. The Bertz CT molecular complexity index is 2550. The molecule has 21 nitrogen and oxygen atoms in total. The van der Waals surface area contributed by atoms with Gasteiger partial charge in [-0.1, -0.05) is 0 Å². The molecule has 0 unspecified atom stereocenters. The Kier molecular flexibility index (Phi) is 19.6. The van der Waals surface area contributed by atoms with Gasteiger partial charge >= 0.3 is 7.12 Å². The van der Waals surface area contributed by atoms with Crippen LogP contribution in [0.4, 0.5) is 53.0 Å². The van der Waals surface area contributed by atoms with Crippen LogP contribution < -0.4 is 30.8 Å². The smallest absolute Gasteiger partial charge is 0.399 e. The highest BCUT2D eigenvalue weighted by atomic mass is 35.5. The third kappa shape index (κ3) is 15.5. The third-order valence-electron chi connectivity index (χ3n) is 13.6. The molecular formula is C51H75BClF4N15O6. The first-order valence-corrected chi connectivity index (χ1v) is 26.7. The maximum atomic E-state index is 13.8. The fraction of sp³-hybridized carbons (Fsp3) is 0.667. The summed E-state index contributed by atoms with van der Waals surface area (Å²) in [4.78, 5) is 49.3. The fourth-order valence-corrected chi connectivity index (χ4v) is 9.81. The van der Waals surface area contributed by atoms with Crippen LogP contribution in [0.5, 0.6) is 0 Å². The minimum atomic E-state index is -2.74. The fourth-order valence-electron chi connectivity index (χ4n) is 9.66. The predicted octanol–water partition coefficient (Wildman–Crippen LogP) is 6.97. The highest BCUT2D eigenvalue weighted by Gasteiger charge is 2.53. The number of rotatable bonds is 10. The van der Waals surface area contributed by atoms with E-state index >= 15 is 0 Å². The lowest BCUT2D eigenvalue weighted by Crippen LogP contribution is -2.48. The Morgan fingerprint density at radius 3 is 1.32 bits per heavy atom. The summed E-state index contributed by atoms with van der Waals surface area (Å²) in [5.41, 5.74) is 4.41. The zero-order valence-electron chi connectivity index (χ0n) is 47.1. The van der Waals surface area contributed by atoms with Crippen LogP contribution in [0.25, 0.3) is 11.4 Å². The summed E-state index contributed by atoms with van der Waals surface area (Å²) in [6, 6.07) is 2.44. The number of pyridine rings is 2. The predicted molar refractivity (Wildman–Crippen MR) is 293 cm³/mol. The molecule has 0 amide bonds. The molecule has 5 aliphatic rings. The van der Waals surface area contributed by atoms with Gasteiger partial charge in [0.2, 0.25) is 29.1 Å². The second-order valence-electron chi connectivity index (χ2n) is 21.9. The maximum absolute atomic E-state index is 13.8. The number of hydrogen-bond acceptors (Lipinski definition) is 20. The monoisotopic (exact) mass is 1120 g/mol. The van der Waals surface area contributed by atoms with E-state index in [0.29, 0.717) is 50.0 Å². The van der Waals surface area contributed by atoms with Gasteiger partial charge in [0.25, 0.3) is 12.9 Å². The normalized spacial score (nSPS) is 26.2. The van der Waals surface area contributed by atoms with Crippen molar-refractivity contribution in [2.45, 2.75) is 156 Å². The molecule has 2 N–H and O–H groups in total. The quantitative estimate of drug-likeness (QED) is 0.0735. The number of nitrogens with two attached hydrogens (primary N) is 1. The first-order valence-electron chi connectivity index (χ1n) is 26.3.